The molecule has 3 heteroatoms. The summed E-state index contributed by atoms with van der Waals surface area (Å²) in [7, 11) is 0. The van der Waals surface area contributed by atoms with Gasteiger partial charge in [0.25, 0.3) is 0 Å². The Kier molecular flexibility index (Phi) is 8.83. The highest BCUT2D eigenvalue weighted by Gasteiger charge is 2.18. The number of hydrogen-bond acceptors (Lipinski definition) is 3. The Hall–Kier alpha value is -8.01. The van der Waals surface area contributed by atoms with E-state index in [1.807, 2.05) is 30.3 Å². The first-order valence-electron chi connectivity index (χ1n) is 20.3. The average molecular weight is 764 g/mol. The van der Waals surface area contributed by atoms with Crippen LogP contribution in [0.2, 0.25) is 0 Å². The molecule has 0 aliphatic carbocycles. The smallest absolute Gasteiger partial charge is 0.164 e. The molecule has 280 valence electrons. The molecule has 0 bridgehead atoms. The zero-order valence-electron chi connectivity index (χ0n) is 32.7. The number of aromatic nitrogens is 3. The van der Waals surface area contributed by atoms with Gasteiger partial charge < -0.3 is 0 Å². The molecule has 0 aliphatic heterocycles. The Labute approximate surface area is 349 Å². The number of rotatable bonds is 7. The highest BCUT2D eigenvalue weighted by Crippen LogP contribution is 2.39. The lowest BCUT2D eigenvalue weighted by atomic mass is 9.92. The molecule has 0 radical (unpaired) electrons. The molecule has 60 heavy (non-hydrogen) atoms. The van der Waals surface area contributed by atoms with Gasteiger partial charge in [0.15, 0.2) is 17.5 Å². The van der Waals surface area contributed by atoms with Crippen molar-refractivity contribution in [2.75, 3.05) is 0 Å². The van der Waals surface area contributed by atoms with Gasteiger partial charge in [0, 0.05) is 16.7 Å². The lowest BCUT2D eigenvalue weighted by Crippen LogP contribution is -2.01. The van der Waals surface area contributed by atoms with Crippen LogP contribution < -0.4 is 0 Å². The van der Waals surface area contributed by atoms with Gasteiger partial charge in [-0.15, -0.1) is 0 Å². The maximum Gasteiger partial charge on any atom is 0.164 e. The molecule has 3 nitrogen and oxygen atoms in total. The number of fused-ring (bicyclic) bond motifs is 4. The summed E-state index contributed by atoms with van der Waals surface area (Å²) in [6.07, 6.45) is 0. The van der Waals surface area contributed by atoms with Crippen LogP contribution in [0.15, 0.2) is 224 Å². The highest BCUT2D eigenvalue weighted by atomic mass is 15.0. The van der Waals surface area contributed by atoms with Crippen molar-refractivity contribution in [1.82, 2.24) is 15.0 Å². The van der Waals surface area contributed by atoms with E-state index in [4.69, 9.17) is 15.0 Å². The molecule has 0 fully saturated rings. The Morgan fingerprint density at radius 2 is 0.617 bits per heavy atom. The summed E-state index contributed by atoms with van der Waals surface area (Å²) in [6, 6.07) is 79.5. The SMILES string of the molecule is c1ccc(-c2ccc(-c3ccc4c(ccc5cc(-c6ccc(-c7nc(-c8ccccc8)nc(-c8ccccc8-c8ccccc8)n7)c7ccccc67)ccc54)c3)cc2)cc1. The van der Waals surface area contributed by atoms with E-state index >= 15 is 0 Å². The minimum absolute atomic E-state index is 0.640. The lowest BCUT2D eigenvalue weighted by molar-refractivity contribution is 1.08. The zero-order chi connectivity index (χ0) is 39.8. The van der Waals surface area contributed by atoms with Crippen molar-refractivity contribution in [3.8, 4) is 78.7 Å². The molecule has 0 aliphatic rings. The van der Waals surface area contributed by atoms with Crippen molar-refractivity contribution in [1.29, 1.82) is 0 Å². The fraction of sp³-hybridized carbons (Fsp3) is 0. The van der Waals surface area contributed by atoms with Gasteiger partial charge >= 0.3 is 0 Å². The van der Waals surface area contributed by atoms with Gasteiger partial charge in [-0.2, -0.15) is 0 Å². The van der Waals surface area contributed by atoms with Gasteiger partial charge in [-0.05, 0) is 95.0 Å². The fourth-order valence-electron chi connectivity index (χ4n) is 8.53. The second-order valence-electron chi connectivity index (χ2n) is 15.2. The summed E-state index contributed by atoms with van der Waals surface area (Å²) < 4.78 is 0. The molecular weight excluding hydrogens is 727 g/mol. The summed E-state index contributed by atoms with van der Waals surface area (Å²) in [5.41, 5.74) is 12.3. The number of hydrogen-bond donors (Lipinski definition) is 0. The molecule has 10 aromatic carbocycles. The van der Waals surface area contributed by atoms with Crippen LogP contribution in [0, 0.1) is 0 Å². The van der Waals surface area contributed by atoms with Crippen LogP contribution in [0.3, 0.4) is 0 Å². The number of benzene rings is 10. The van der Waals surface area contributed by atoms with Crippen LogP contribution in [0.4, 0.5) is 0 Å². The van der Waals surface area contributed by atoms with Crippen molar-refractivity contribution in [2.24, 2.45) is 0 Å². The van der Waals surface area contributed by atoms with Gasteiger partial charge in [0.1, 0.15) is 0 Å². The predicted octanol–water partition coefficient (Wildman–Crippen LogP) is 15.0. The summed E-state index contributed by atoms with van der Waals surface area (Å²) in [6.45, 7) is 0. The summed E-state index contributed by atoms with van der Waals surface area (Å²) >= 11 is 0. The van der Waals surface area contributed by atoms with Crippen LogP contribution in [-0.4, -0.2) is 15.0 Å². The molecule has 0 saturated carbocycles. The Morgan fingerprint density at radius 1 is 0.200 bits per heavy atom. The lowest BCUT2D eigenvalue weighted by Gasteiger charge is -2.15. The maximum absolute atomic E-state index is 5.23. The molecule has 1 heterocycles. The van der Waals surface area contributed by atoms with Crippen LogP contribution >= 0.6 is 0 Å². The van der Waals surface area contributed by atoms with Crippen LogP contribution in [0.5, 0.6) is 0 Å². The number of nitrogens with zero attached hydrogens (tertiary/aromatic N) is 3. The molecule has 0 unspecified atom stereocenters. The molecule has 0 saturated heterocycles. The van der Waals surface area contributed by atoms with E-state index in [2.05, 4.69) is 194 Å². The van der Waals surface area contributed by atoms with Crippen LogP contribution in [0.1, 0.15) is 0 Å². The van der Waals surface area contributed by atoms with E-state index in [9.17, 15) is 0 Å². The first-order chi connectivity index (χ1) is 29.7. The first-order valence-corrected chi connectivity index (χ1v) is 20.3. The molecule has 0 spiro atoms. The van der Waals surface area contributed by atoms with Crippen molar-refractivity contribution in [2.45, 2.75) is 0 Å². The summed E-state index contributed by atoms with van der Waals surface area (Å²) in [5.74, 6) is 1.92. The Balaban J connectivity index is 0.982. The average Bonchev–Trinajstić information content (AvgIpc) is 3.34. The maximum atomic E-state index is 5.23. The molecule has 0 amide bonds. The summed E-state index contributed by atoms with van der Waals surface area (Å²) in [5, 5.41) is 7.16. The third-order valence-corrected chi connectivity index (χ3v) is 11.6. The quantitative estimate of drug-likeness (QED) is 0.152. The van der Waals surface area contributed by atoms with Crippen LogP contribution in [-0.2, 0) is 0 Å². The Morgan fingerprint density at radius 3 is 1.27 bits per heavy atom. The second-order valence-corrected chi connectivity index (χ2v) is 15.2. The fourth-order valence-corrected chi connectivity index (χ4v) is 8.53. The van der Waals surface area contributed by atoms with E-state index in [1.165, 1.54) is 43.8 Å². The topological polar surface area (TPSA) is 38.7 Å². The van der Waals surface area contributed by atoms with E-state index < -0.39 is 0 Å². The molecule has 0 N–H and O–H groups in total. The highest BCUT2D eigenvalue weighted by molar-refractivity contribution is 6.11. The third kappa shape index (κ3) is 6.49. The first kappa shape index (κ1) is 35.2. The molecule has 11 aromatic rings. The van der Waals surface area contributed by atoms with E-state index in [-0.39, 0.29) is 0 Å². The van der Waals surface area contributed by atoms with E-state index in [0.717, 1.165) is 49.7 Å². The standard InChI is InChI=1S/C57H37N3/c1-4-14-38(15-5-1)39-24-26-40(27-25-39)43-30-32-48-44(36-43)28-29-45-37-46(31-33-49(45)48)50-34-35-54(52-22-12-11-21-51(50)52)57-59-55(42-18-8-3-9-19-42)58-56(60-57)53-23-13-10-20-47(53)41-16-6-2-7-17-41/h1-37H. The van der Waals surface area contributed by atoms with Crippen molar-refractivity contribution >= 4 is 32.3 Å². The van der Waals surface area contributed by atoms with Gasteiger partial charge in [0.05, 0.1) is 0 Å². The van der Waals surface area contributed by atoms with Crippen LogP contribution in [0.25, 0.3) is 111 Å². The molecule has 11 rings (SSSR count). The van der Waals surface area contributed by atoms with Crippen molar-refractivity contribution < 1.29 is 0 Å². The minimum Gasteiger partial charge on any atom is -0.208 e. The normalized spacial score (nSPS) is 11.3. The third-order valence-electron chi connectivity index (χ3n) is 11.6. The minimum atomic E-state index is 0.640. The largest absolute Gasteiger partial charge is 0.208 e. The predicted molar refractivity (Wildman–Crippen MR) is 250 cm³/mol. The van der Waals surface area contributed by atoms with E-state index in [1.54, 1.807) is 0 Å². The van der Waals surface area contributed by atoms with Crippen molar-refractivity contribution in [3.63, 3.8) is 0 Å². The molecule has 1 aromatic heterocycles. The van der Waals surface area contributed by atoms with Gasteiger partial charge in [-0.3, -0.25) is 0 Å². The van der Waals surface area contributed by atoms with E-state index in [0.29, 0.717) is 17.5 Å². The Bertz CT molecular complexity index is 3340. The molecule has 0 atom stereocenters. The monoisotopic (exact) mass is 763 g/mol. The van der Waals surface area contributed by atoms with Crippen molar-refractivity contribution in [3.05, 3.63) is 224 Å². The van der Waals surface area contributed by atoms with Gasteiger partial charge in [-0.1, -0.05) is 206 Å². The van der Waals surface area contributed by atoms with Gasteiger partial charge in [-0.25, -0.2) is 15.0 Å². The zero-order valence-corrected chi connectivity index (χ0v) is 32.7. The van der Waals surface area contributed by atoms with Gasteiger partial charge in [0.2, 0.25) is 0 Å². The second kappa shape index (κ2) is 15.1. The molecular formula is C57H37N3. The summed E-state index contributed by atoms with van der Waals surface area (Å²) in [4.78, 5) is 15.5.